The molecule has 0 saturated carbocycles. The lowest BCUT2D eigenvalue weighted by Crippen LogP contribution is -2.23. The Kier molecular flexibility index (Phi) is 4.53. The van der Waals surface area contributed by atoms with E-state index in [1.807, 2.05) is 30.3 Å². The van der Waals surface area contributed by atoms with E-state index in [4.69, 9.17) is 5.26 Å². The monoisotopic (exact) mass is 362 g/mol. The van der Waals surface area contributed by atoms with Gasteiger partial charge in [-0.15, -0.1) is 0 Å². The molecule has 0 spiro atoms. The molecule has 0 saturated heterocycles. The standard InChI is InChI=1S/C15H11IN2O/c16-14-4-2-1-3-13(14)15(19)18-10-12-7-5-11(9-17)6-8-12/h1-8H,10H2,(H,18,19). The zero-order valence-electron chi connectivity index (χ0n) is 10.1. The van der Waals surface area contributed by atoms with Crippen molar-refractivity contribution in [3.63, 3.8) is 0 Å². The van der Waals surface area contributed by atoms with Crippen molar-refractivity contribution in [2.75, 3.05) is 0 Å². The summed E-state index contributed by atoms with van der Waals surface area (Å²) in [6, 6.07) is 16.7. The lowest BCUT2D eigenvalue weighted by molar-refractivity contribution is 0.0950. The minimum Gasteiger partial charge on any atom is -0.348 e. The molecule has 0 radical (unpaired) electrons. The Labute approximate surface area is 125 Å². The minimum atomic E-state index is -0.0886. The van der Waals surface area contributed by atoms with Crippen molar-refractivity contribution in [2.24, 2.45) is 0 Å². The van der Waals surface area contributed by atoms with Crippen LogP contribution >= 0.6 is 22.6 Å². The summed E-state index contributed by atoms with van der Waals surface area (Å²) in [5, 5.41) is 11.6. The van der Waals surface area contributed by atoms with Gasteiger partial charge in [-0.2, -0.15) is 5.26 Å². The molecule has 2 rings (SSSR count). The fraction of sp³-hybridized carbons (Fsp3) is 0.0667. The SMILES string of the molecule is N#Cc1ccc(CNC(=O)c2ccccc2I)cc1. The lowest BCUT2D eigenvalue weighted by Gasteiger charge is -2.07. The van der Waals surface area contributed by atoms with Gasteiger partial charge in [-0.1, -0.05) is 24.3 Å². The summed E-state index contributed by atoms with van der Waals surface area (Å²) in [6.45, 7) is 0.454. The van der Waals surface area contributed by atoms with Crippen LogP contribution in [0.2, 0.25) is 0 Å². The molecule has 0 fully saturated rings. The van der Waals surface area contributed by atoms with E-state index in [1.54, 1.807) is 18.2 Å². The second-order valence-corrected chi connectivity index (χ2v) is 5.13. The summed E-state index contributed by atoms with van der Waals surface area (Å²) in [5.41, 5.74) is 2.27. The van der Waals surface area contributed by atoms with Gasteiger partial charge in [-0.3, -0.25) is 4.79 Å². The maximum atomic E-state index is 12.0. The first-order valence-corrected chi connectivity index (χ1v) is 6.80. The number of amides is 1. The molecule has 0 aliphatic carbocycles. The van der Waals surface area contributed by atoms with E-state index < -0.39 is 0 Å². The zero-order valence-corrected chi connectivity index (χ0v) is 12.2. The molecule has 0 heterocycles. The number of nitrogens with zero attached hydrogens (tertiary/aromatic N) is 1. The number of rotatable bonds is 3. The first-order chi connectivity index (χ1) is 9.20. The fourth-order valence-electron chi connectivity index (χ4n) is 1.62. The fourth-order valence-corrected chi connectivity index (χ4v) is 2.25. The Balaban J connectivity index is 2.01. The molecule has 0 aliphatic heterocycles. The Morgan fingerprint density at radius 1 is 1.16 bits per heavy atom. The van der Waals surface area contributed by atoms with Crippen molar-refractivity contribution < 1.29 is 4.79 Å². The summed E-state index contributed by atoms with van der Waals surface area (Å²) in [4.78, 5) is 12.0. The van der Waals surface area contributed by atoms with Crippen LogP contribution in [0.5, 0.6) is 0 Å². The highest BCUT2D eigenvalue weighted by Gasteiger charge is 2.08. The van der Waals surface area contributed by atoms with E-state index in [2.05, 4.69) is 34.0 Å². The first kappa shape index (κ1) is 13.6. The number of hydrogen-bond acceptors (Lipinski definition) is 2. The highest BCUT2D eigenvalue weighted by molar-refractivity contribution is 14.1. The number of carbonyl (C=O) groups is 1. The van der Waals surface area contributed by atoms with Crippen molar-refractivity contribution in [3.05, 3.63) is 68.8 Å². The van der Waals surface area contributed by atoms with Gasteiger partial charge in [0.1, 0.15) is 0 Å². The van der Waals surface area contributed by atoms with Crippen LogP contribution in [0.4, 0.5) is 0 Å². The molecule has 0 unspecified atom stereocenters. The third-order valence-corrected chi connectivity index (χ3v) is 3.60. The molecule has 2 aromatic rings. The second-order valence-electron chi connectivity index (χ2n) is 3.97. The lowest BCUT2D eigenvalue weighted by atomic mass is 10.1. The van der Waals surface area contributed by atoms with Gasteiger partial charge in [0.2, 0.25) is 0 Å². The summed E-state index contributed by atoms with van der Waals surface area (Å²) in [5.74, 6) is -0.0886. The highest BCUT2D eigenvalue weighted by atomic mass is 127. The summed E-state index contributed by atoms with van der Waals surface area (Å²) >= 11 is 2.14. The molecule has 4 heteroatoms. The van der Waals surface area contributed by atoms with Crippen LogP contribution in [0, 0.1) is 14.9 Å². The molecule has 2 aromatic carbocycles. The van der Waals surface area contributed by atoms with Crippen LogP contribution in [-0.4, -0.2) is 5.91 Å². The van der Waals surface area contributed by atoms with E-state index in [0.29, 0.717) is 17.7 Å². The van der Waals surface area contributed by atoms with Crippen molar-refractivity contribution in [1.82, 2.24) is 5.32 Å². The molecule has 0 bridgehead atoms. The third kappa shape index (κ3) is 3.55. The third-order valence-electron chi connectivity index (χ3n) is 2.65. The number of hydrogen-bond donors (Lipinski definition) is 1. The molecule has 0 aliphatic rings. The normalized spacial score (nSPS) is 9.68. The minimum absolute atomic E-state index is 0.0886. The maximum Gasteiger partial charge on any atom is 0.252 e. The average Bonchev–Trinajstić information content (AvgIpc) is 2.46. The van der Waals surface area contributed by atoms with Gasteiger partial charge in [0.05, 0.1) is 17.2 Å². The maximum absolute atomic E-state index is 12.0. The topological polar surface area (TPSA) is 52.9 Å². The van der Waals surface area contributed by atoms with Crippen LogP contribution in [0.1, 0.15) is 21.5 Å². The number of carbonyl (C=O) groups excluding carboxylic acids is 1. The van der Waals surface area contributed by atoms with Gasteiger partial charge in [-0.25, -0.2) is 0 Å². The molecule has 94 valence electrons. The first-order valence-electron chi connectivity index (χ1n) is 5.72. The number of nitriles is 1. The molecule has 1 N–H and O–H groups in total. The summed E-state index contributed by atoms with van der Waals surface area (Å²) in [7, 11) is 0. The van der Waals surface area contributed by atoms with E-state index in [1.165, 1.54) is 0 Å². The van der Waals surface area contributed by atoms with Crippen LogP contribution in [0.25, 0.3) is 0 Å². The van der Waals surface area contributed by atoms with E-state index in [-0.39, 0.29) is 5.91 Å². The zero-order chi connectivity index (χ0) is 13.7. The Morgan fingerprint density at radius 2 is 1.84 bits per heavy atom. The molecule has 19 heavy (non-hydrogen) atoms. The van der Waals surface area contributed by atoms with Crippen LogP contribution in [0.15, 0.2) is 48.5 Å². The van der Waals surface area contributed by atoms with Crippen LogP contribution in [-0.2, 0) is 6.54 Å². The predicted molar refractivity (Wildman–Crippen MR) is 81.5 cm³/mol. The van der Waals surface area contributed by atoms with Crippen LogP contribution in [0.3, 0.4) is 0 Å². The highest BCUT2D eigenvalue weighted by Crippen LogP contribution is 2.11. The van der Waals surface area contributed by atoms with Crippen molar-refractivity contribution in [1.29, 1.82) is 5.26 Å². The molecular weight excluding hydrogens is 351 g/mol. The number of nitrogens with one attached hydrogen (secondary N) is 1. The summed E-state index contributed by atoms with van der Waals surface area (Å²) in [6.07, 6.45) is 0. The molecule has 3 nitrogen and oxygen atoms in total. The predicted octanol–water partition coefficient (Wildman–Crippen LogP) is 3.09. The molecular formula is C15H11IN2O. The van der Waals surface area contributed by atoms with E-state index in [9.17, 15) is 4.79 Å². The van der Waals surface area contributed by atoms with E-state index >= 15 is 0 Å². The second kappa shape index (κ2) is 6.34. The number of benzene rings is 2. The number of halogens is 1. The molecule has 1 amide bonds. The van der Waals surface area contributed by atoms with Gasteiger partial charge in [-0.05, 0) is 52.4 Å². The largest absolute Gasteiger partial charge is 0.348 e. The Morgan fingerprint density at radius 3 is 2.47 bits per heavy atom. The molecule has 0 atom stereocenters. The summed E-state index contributed by atoms with van der Waals surface area (Å²) < 4.78 is 0.928. The van der Waals surface area contributed by atoms with Gasteiger partial charge in [0.25, 0.3) is 5.91 Å². The average molecular weight is 362 g/mol. The quantitative estimate of drug-likeness (QED) is 0.854. The van der Waals surface area contributed by atoms with Gasteiger partial charge >= 0.3 is 0 Å². The van der Waals surface area contributed by atoms with Crippen molar-refractivity contribution >= 4 is 28.5 Å². The Bertz CT molecular complexity index is 629. The van der Waals surface area contributed by atoms with Gasteiger partial charge in [0.15, 0.2) is 0 Å². The van der Waals surface area contributed by atoms with Crippen LogP contribution < -0.4 is 5.32 Å². The van der Waals surface area contributed by atoms with Gasteiger partial charge < -0.3 is 5.32 Å². The van der Waals surface area contributed by atoms with Gasteiger partial charge in [0, 0.05) is 10.1 Å². The molecule has 0 aromatic heterocycles. The van der Waals surface area contributed by atoms with Crippen molar-refractivity contribution in [2.45, 2.75) is 6.54 Å². The Hall–Kier alpha value is -1.87. The van der Waals surface area contributed by atoms with Crippen molar-refractivity contribution in [3.8, 4) is 6.07 Å². The smallest absolute Gasteiger partial charge is 0.252 e. The van der Waals surface area contributed by atoms with E-state index in [0.717, 1.165) is 9.13 Å².